The van der Waals surface area contributed by atoms with Gasteiger partial charge in [0.15, 0.2) is 0 Å². The Hall–Kier alpha value is -1.79. The van der Waals surface area contributed by atoms with Gasteiger partial charge in [-0.15, -0.1) is 6.58 Å². The molecule has 1 saturated heterocycles. The highest BCUT2D eigenvalue weighted by atomic mass is 16.6. The first-order valence-electron chi connectivity index (χ1n) is 8.96. The van der Waals surface area contributed by atoms with E-state index in [9.17, 15) is 9.90 Å². The predicted octanol–water partition coefficient (Wildman–Crippen LogP) is 4.33. The molecule has 1 heterocycles. The van der Waals surface area contributed by atoms with Gasteiger partial charge in [0.2, 0.25) is 0 Å². The number of aliphatic hydroxyl groups is 1. The molecule has 0 bridgehead atoms. The molecule has 3 heteroatoms. The fourth-order valence-corrected chi connectivity index (χ4v) is 2.65. The topological polar surface area (TPSA) is 46.5 Å². The lowest BCUT2D eigenvalue weighted by Gasteiger charge is -2.11. The van der Waals surface area contributed by atoms with E-state index in [0.29, 0.717) is 0 Å². The van der Waals surface area contributed by atoms with E-state index in [0.717, 1.165) is 51.4 Å². The Balaban J connectivity index is 2.00. The van der Waals surface area contributed by atoms with Crippen LogP contribution in [0.1, 0.15) is 58.3 Å². The van der Waals surface area contributed by atoms with Crippen LogP contribution in [0.2, 0.25) is 0 Å². The molecule has 0 aromatic rings. The van der Waals surface area contributed by atoms with Gasteiger partial charge in [0.05, 0.1) is 5.92 Å². The van der Waals surface area contributed by atoms with Crippen LogP contribution < -0.4 is 0 Å². The third kappa shape index (κ3) is 8.17. The SMILES string of the molecule is C=CCC/C=C/C=C/C#CCCCCCC[C@H]1C(=O)O[C@@H](C)[C@@H]1O. The second-order valence-electron chi connectivity index (χ2n) is 6.17. The number of aliphatic hydroxyl groups excluding tert-OH is 1. The molecule has 132 valence electrons. The summed E-state index contributed by atoms with van der Waals surface area (Å²) in [6.45, 7) is 5.42. The maximum Gasteiger partial charge on any atom is 0.312 e. The van der Waals surface area contributed by atoms with E-state index in [4.69, 9.17) is 4.74 Å². The second-order valence-corrected chi connectivity index (χ2v) is 6.17. The Morgan fingerprint density at radius 3 is 2.71 bits per heavy atom. The average Bonchev–Trinajstić information content (AvgIpc) is 2.81. The molecule has 0 radical (unpaired) electrons. The standard InChI is InChI=1S/C21H30O3/c1-3-4-5-6-7-8-9-10-11-12-13-14-15-16-17-19-20(22)18(2)24-21(19)23/h3,6-9,18-20,22H,1,4-5,12-17H2,2H3/b7-6+,9-8+/t18-,19+,20-/m0/s1. The van der Waals surface area contributed by atoms with E-state index < -0.39 is 6.10 Å². The molecule has 3 atom stereocenters. The predicted molar refractivity (Wildman–Crippen MR) is 98.2 cm³/mol. The van der Waals surface area contributed by atoms with Gasteiger partial charge in [-0.05, 0) is 38.7 Å². The summed E-state index contributed by atoms with van der Waals surface area (Å²) in [6, 6.07) is 0. The van der Waals surface area contributed by atoms with Crippen LogP contribution in [0.5, 0.6) is 0 Å². The van der Waals surface area contributed by atoms with Crippen molar-refractivity contribution in [3.63, 3.8) is 0 Å². The van der Waals surface area contributed by atoms with Crippen LogP contribution >= 0.6 is 0 Å². The summed E-state index contributed by atoms with van der Waals surface area (Å²) in [4.78, 5) is 11.5. The molecule has 1 rings (SSSR count). The minimum absolute atomic E-state index is 0.244. The quantitative estimate of drug-likeness (QED) is 0.213. The molecular weight excluding hydrogens is 300 g/mol. The van der Waals surface area contributed by atoms with Gasteiger partial charge in [0.1, 0.15) is 12.2 Å². The Morgan fingerprint density at radius 2 is 2.00 bits per heavy atom. The van der Waals surface area contributed by atoms with Gasteiger partial charge in [0.25, 0.3) is 0 Å². The highest BCUT2D eigenvalue weighted by Gasteiger charge is 2.40. The molecule has 0 aliphatic carbocycles. The molecule has 1 fully saturated rings. The van der Waals surface area contributed by atoms with Gasteiger partial charge in [-0.1, -0.05) is 55.4 Å². The van der Waals surface area contributed by atoms with Crippen LogP contribution in [0.15, 0.2) is 37.0 Å². The van der Waals surface area contributed by atoms with E-state index >= 15 is 0 Å². The number of cyclic esters (lactones) is 1. The zero-order valence-electron chi connectivity index (χ0n) is 14.7. The van der Waals surface area contributed by atoms with Crippen molar-refractivity contribution in [1.82, 2.24) is 0 Å². The number of allylic oxidation sites excluding steroid dienone is 5. The zero-order chi connectivity index (χ0) is 17.6. The second kappa shape index (κ2) is 12.6. The monoisotopic (exact) mass is 330 g/mol. The highest BCUT2D eigenvalue weighted by Crippen LogP contribution is 2.26. The molecule has 24 heavy (non-hydrogen) atoms. The van der Waals surface area contributed by atoms with Gasteiger partial charge < -0.3 is 9.84 Å². The van der Waals surface area contributed by atoms with Gasteiger partial charge in [-0.25, -0.2) is 0 Å². The van der Waals surface area contributed by atoms with E-state index in [1.54, 1.807) is 6.92 Å². The van der Waals surface area contributed by atoms with Crippen molar-refractivity contribution in [2.24, 2.45) is 5.92 Å². The van der Waals surface area contributed by atoms with Crippen LogP contribution in [-0.4, -0.2) is 23.3 Å². The summed E-state index contributed by atoms with van der Waals surface area (Å²) in [7, 11) is 0. The molecule has 1 aliphatic heterocycles. The number of unbranched alkanes of at least 4 members (excludes halogenated alkanes) is 5. The molecule has 3 nitrogen and oxygen atoms in total. The van der Waals surface area contributed by atoms with E-state index in [-0.39, 0.29) is 18.0 Å². The largest absolute Gasteiger partial charge is 0.460 e. The van der Waals surface area contributed by atoms with Gasteiger partial charge in [-0.3, -0.25) is 4.79 Å². The number of rotatable bonds is 10. The minimum atomic E-state index is -0.638. The minimum Gasteiger partial charge on any atom is -0.460 e. The first-order valence-corrected chi connectivity index (χ1v) is 8.96. The van der Waals surface area contributed by atoms with Gasteiger partial charge in [-0.2, -0.15) is 0 Å². The van der Waals surface area contributed by atoms with Gasteiger partial charge in [0, 0.05) is 6.42 Å². The summed E-state index contributed by atoms with van der Waals surface area (Å²) in [6.07, 6.45) is 16.7. The lowest BCUT2D eigenvalue weighted by atomic mass is 9.95. The van der Waals surface area contributed by atoms with Crippen molar-refractivity contribution < 1.29 is 14.6 Å². The maximum absolute atomic E-state index is 11.5. The third-order valence-corrected chi connectivity index (χ3v) is 4.13. The lowest BCUT2D eigenvalue weighted by Crippen LogP contribution is -2.24. The van der Waals surface area contributed by atoms with Crippen molar-refractivity contribution in [1.29, 1.82) is 0 Å². The summed E-state index contributed by atoms with van der Waals surface area (Å²) in [5.74, 6) is 5.60. The lowest BCUT2D eigenvalue weighted by molar-refractivity contribution is -0.143. The fraction of sp³-hybridized carbons (Fsp3) is 0.571. The Labute approximate surface area is 146 Å². The summed E-state index contributed by atoms with van der Waals surface area (Å²) in [5.41, 5.74) is 0. The van der Waals surface area contributed by atoms with E-state index in [1.807, 2.05) is 24.3 Å². The smallest absolute Gasteiger partial charge is 0.312 e. The van der Waals surface area contributed by atoms with Crippen LogP contribution in [0, 0.1) is 17.8 Å². The molecule has 0 aromatic heterocycles. The van der Waals surface area contributed by atoms with Crippen LogP contribution in [0.3, 0.4) is 0 Å². The summed E-state index contributed by atoms with van der Waals surface area (Å²) >= 11 is 0. The Bertz CT molecular complexity index is 493. The number of hydrogen-bond donors (Lipinski definition) is 1. The van der Waals surface area contributed by atoms with Crippen molar-refractivity contribution in [2.75, 3.05) is 0 Å². The molecule has 1 aliphatic rings. The zero-order valence-corrected chi connectivity index (χ0v) is 14.7. The van der Waals surface area contributed by atoms with Gasteiger partial charge >= 0.3 is 5.97 Å². The number of carbonyl (C=O) groups is 1. The molecule has 1 N–H and O–H groups in total. The molecule has 0 saturated carbocycles. The van der Waals surface area contributed by atoms with Crippen LogP contribution in [0.4, 0.5) is 0 Å². The fourth-order valence-electron chi connectivity index (χ4n) is 2.65. The molecule has 0 aromatic carbocycles. The molecule has 0 spiro atoms. The highest BCUT2D eigenvalue weighted by molar-refractivity contribution is 5.75. The first-order chi connectivity index (χ1) is 11.7. The first kappa shape index (κ1) is 20.3. The third-order valence-electron chi connectivity index (χ3n) is 4.13. The van der Waals surface area contributed by atoms with Crippen LogP contribution in [0.25, 0.3) is 0 Å². The van der Waals surface area contributed by atoms with Crippen LogP contribution in [-0.2, 0) is 9.53 Å². The van der Waals surface area contributed by atoms with Crippen molar-refractivity contribution in [3.05, 3.63) is 37.0 Å². The van der Waals surface area contributed by atoms with E-state index in [1.165, 1.54) is 0 Å². The molecular formula is C21H30O3. The number of hydrogen-bond acceptors (Lipinski definition) is 3. The normalized spacial score (nSPS) is 23.4. The number of ether oxygens (including phenoxy) is 1. The van der Waals surface area contributed by atoms with Crippen molar-refractivity contribution >= 4 is 5.97 Å². The Morgan fingerprint density at radius 1 is 1.21 bits per heavy atom. The number of esters is 1. The number of carbonyl (C=O) groups excluding carboxylic acids is 1. The maximum atomic E-state index is 11.5. The van der Waals surface area contributed by atoms with Crippen molar-refractivity contribution in [3.8, 4) is 11.8 Å². The molecule has 0 amide bonds. The summed E-state index contributed by atoms with van der Waals surface area (Å²) < 4.78 is 5.03. The summed E-state index contributed by atoms with van der Waals surface area (Å²) in [5, 5.41) is 9.85. The van der Waals surface area contributed by atoms with E-state index in [2.05, 4.69) is 24.5 Å². The molecule has 0 unspecified atom stereocenters. The van der Waals surface area contributed by atoms with Crippen molar-refractivity contribution in [2.45, 2.75) is 70.5 Å². The average molecular weight is 330 g/mol. The Kier molecular flexibility index (Phi) is 10.6.